The molecule has 0 aromatic heterocycles. The first-order chi connectivity index (χ1) is 8.96. The number of fused-ring (bicyclic) bond motifs is 1. The fraction of sp³-hybridized carbons (Fsp3) is 0.400. The van der Waals surface area contributed by atoms with Gasteiger partial charge in [0.1, 0.15) is 2.74 Å². The van der Waals surface area contributed by atoms with Crippen molar-refractivity contribution in [1.29, 1.82) is 0 Å². The topological polar surface area (TPSA) is 30.5 Å². The summed E-state index contributed by atoms with van der Waals surface area (Å²) in [6.45, 7) is -6.95. The highest BCUT2D eigenvalue weighted by atomic mass is 16.7. The second-order valence-corrected chi connectivity index (χ2v) is 2.55. The lowest BCUT2D eigenvalue weighted by Crippen LogP contribution is -2.10. The highest BCUT2D eigenvalue weighted by Crippen LogP contribution is 2.32. The number of aryl methyl sites for hydroxylation is 1. The van der Waals surface area contributed by atoms with Crippen molar-refractivity contribution in [2.24, 2.45) is 0 Å². The number of hydrogen-bond donors (Lipinski definition) is 1. The molecular weight excluding hydrogens is 166 g/mol. The van der Waals surface area contributed by atoms with Crippen LogP contribution in [0.15, 0.2) is 18.2 Å². The molecule has 0 unspecified atom stereocenters. The minimum absolute atomic E-state index is 0.164. The average molecular weight is 186 g/mol. The summed E-state index contributed by atoms with van der Waals surface area (Å²) in [6.07, 6.45) is -0.203. The second kappa shape index (κ2) is 3.66. The van der Waals surface area contributed by atoms with Gasteiger partial charge in [-0.15, -0.1) is 0 Å². The minimum Gasteiger partial charge on any atom is -0.454 e. The van der Waals surface area contributed by atoms with E-state index in [1.165, 1.54) is 18.2 Å². The largest absolute Gasteiger partial charge is 0.454 e. The fourth-order valence-electron chi connectivity index (χ4n) is 1.08. The smallest absolute Gasteiger partial charge is 0.231 e. The van der Waals surface area contributed by atoms with Gasteiger partial charge in [0.05, 0.1) is 0 Å². The van der Waals surface area contributed by atoms with Crippen LogP contribution in [-0.2, 0) is 6.42 Å². The van der Waals surface area contributed by atoms with Crippen LogP contribution in [0.3, 0.4) is 0 Å². The molecule has 13 heavy (non-hydrogen) atoms. The van der Waals surface area contributed by atoms with Crippen LogP contribution in [0.4, 0.5) is 0 Å². The van der Waals surface area contributed by atoms with Gasteiger partial charge in [0.25, 0.3) is 0 Å². The highest BCUT2D eigenvalue weighted by molar-refractivity contribution is 5.44. The molecule has 3 nitrogen and oxygen atoms in total. The lowest BCUT2D eigenvalue weighted by atomic mass is 10.1. The number of likely N-dealkylation sites (N-methyl/N-ethyl adjacent to an activating group) is 1. The molecule has 1 aliphatic heterocycles. The van der Waals surface area contributed by atoms with Crippen molar-refractivity contribution in [1.82, 2.24) is 5.32 Å². The third kappa shape index (κ3) is 1.75. The first-order valence-corrected chi connectivity index (χ1v) is 3.76. The molecule has 0 bridgehead atoms. The summed E-state index contributed by atoms with van der Waals surface area (Å²) < 4.78 is 60.7. The van der Waals surface area contributed by atoms with E-state index in [-0.39, 0.29) is 17.9 Å². The van der Waals surface area contributed by atoms with Gasteiger partial charge in [-0.05, 0) is 37.6 Å². The lowest BCUT2D eigenvalue weighted by Gasteiger charge is -2.01. The standard InChI is InChI=1S/C10H13NO2/c1-11-5-4-8-2-3-9-10(6-8)13-7-12-9/h2-3,6,11H,4-5,7H2,1H3/i1D3,5D2,7D2. The Bertz CT molecular complexity index is 515. The molecule has 0 saturated carbocycles. The average Bonchev–Trinajstić information content (AvgIpc) is 2.46. The summed E-state index contributed by atoms with van der Waals surface area (Å²) in [7, 11) is 0. The van der Waals surface area contributed by atoms with E-state index in [2.05, 4.69) is 0 Å². The molecule has 1 aliphatic rings. The van der Waals surface area contributed by atoms with Crippen LogP contribution in [0.5, 0.6) is 11.5 Å². The van der Waals surface area contributed by atoms with Crippen LogP contribution in [0.25, 0.3) is 0 Å². The van der Waals surface area contributed by atoms with Gasteiger partial charge in [0.15, 0.2) is 11.5 Å². The summed E-state index contributed by atoms with van der Waals surface area (Å²) in [5, 5.41) is 1.92. The van der Waals surface area contributed by atoms with Gasteiger partial charge in [-0.1, -0.05) is 6.07 Å². The lowest BCUT2D eigenvalue weighted by molar-refractivity contribution is 0.174. The van der Waals surface area contributed by atoms with Gasteiger partial charge in [0, 0.05) is 6.85 Å². The fourth-order valence-corrected chi connectivity index (χ4v) is 1.08. The molecule has 0 amide bonds. The number of rotatable bonds is 3. The van der Waals surface area contributed by atoms with Crippen LogP contribution < -0.4 is 14.8 Å². The van der Waals surface area contributed by atoms with Crippen molar-refractivity contribution >= 4 is 0 Å². The number of ether oxygens (including phenoxy) is 2. The van der Waals surface area contributed by atoms with Crippen LogP contribution in [0, 0.1) is 0 Å². The monoisotopic (exact) mass is 186 g/mol. The Kier molecular flexibility index (Phi) is 0.986. The predicted octanol–water partition coefficient (Wildman–Crippen LogP) is 1.18. The molecule has 1 N–H and O–H groups in total. The molecule has 70 valence electrons. The van der Waals surface area contributed by atoms with E-state index in [0.717, 1.165) is 0 Å². The Hall–Kier alpha value is -1.22. The van der Waals surface area contributed by atoms with Crippen molar-refractivity contribution in [2.45, 2.75) is 6.42 Å². The molecule has 1 aromatic rings. The summed E-state index contributed by atoms with van der Waals surface area (Å²) in [4.78, 5) is 0. The Morgan fingerprint density at radius 2 is 2.54 bits per heavy atom. The van der Waals surface area contributed by atoms with E-state index < -0.39 is 20.2 Å². The first-order valence-electron chi connectivity index (χ1n) is 7.26. The Morgan fingerprint density at radius 3 is 3.46 bits per heavy atom. The van der Waals surface area contributed by atoms with E-state index in [4.69, 9.17) is 19.1 Å². The molecule has 1 heterocycles. The number of nitrogens with one attached hydrogen (secondary N) is 1. The van der Waals surface area contributed by atoms with E-state index in [1.807, 2.05) is 5.32 Å². The molecule has 0 aliphatic carbocycles. The van der Waals surface area contributed by atoms with Crippen molar-refractivity contribution in [3.05, 3.63) is 23.8 Å². The van der Waals surface area contributed by atoms with E-state index in [0.29, 0.717) is 5.56 Å². The molecule has 2 rings (SSSR count). The molecular formula is C10H13NO2. The van der Waals surface area contributed by atoms with Crippen LogP contribution in [0.1, 0.15) is 15.2 Å². The van der Waals surface area contributed by atoms with Gasteiger partial charge in [-0.3, -0.25) is 0 Å². The molecule has 3 heteroatoms. The maximum atomic E-state index is 7.64. The summed E-state index contributed by atoms with van der Waals surface area (Å²) in [5.41, 5.74) is 0.465. The molecule has 0 radical (unpaired) electrons. The predicted molar refractivity (Wildman–Crippen MR) is 50.2 cm³/mol. The third-order valence-electron chi connectivity index (χ3n) is 1.69. The highest BCUT2D eigenvalue weighted by Gasteiger charge is 2.12. The zero-order valence-corrected chi connectivity index (χ0v) is 6.76. The van der Waals surface area contributed by atoms with E-state index >= 15 is 0 Å². The molecule has 0 saturated heterocycles. The van der Waals surface area contributed by atoms with Crippen LogP contribution >= 0.6 is 0 Å². The second-order valence-electron chi connectivity index (χ2n) is 2.55. The molecule has 0 atom stereocenters. The number of hydrogen-bond acceptors (Lipinski definition) is 3. The molecule has 0 spiro atoms. The van der Waals surface area contributed by atoms with E-state index in [1.54, 1.807) is 0 Å². The SMILES string of the molecule is [2H]C([2H])([2H])NC([2H])([2H])Cc1ccc2c(c1)OC([2H])([2H])O2. The van der Waals surface area contributed by atoms with Gasteiger partial charge in [-0.2, -0.15) is 0 Å². The summed E-state index contributed by atoms with van der Waals surface area (Å²) >= 11 is 0. The summed E-state index contributed by atoms with van der Waals surface area (Å²) in [6, 6.07) is 4.42. The van der Waals surface area contributed by atoms with Gasteiger partial charge in [0.2, 0.25) is 6.75 Å². The minimum atomic E-state index is -2.59. The van der Waals surface area contributed by atoms with Gasteiger partial charge >= 0.3 is 0 Å². The molecule has 1 aromatic carbocycles. The first kappa shape index (κ1) is 3.50. The zero-order valence-electron chi connectivity index (χ0n) is 13.8. The van der Waals surface area contributed by atoms with Gasteiger partial charge in [-0.25, -0.2) is 0 Å². The van der Waals surface area contributed by atoms with Crippen molar-refractivity contribution in [3.8, 4) is 11.5 Å². The third-order valence-corrected chi connectivity index (χ3v) is 1.69. The number of benzene rings is 1. The maximum Gasteiger partial charge on any atom is 0.231 e. The van der Waals surface area contributed by atoms with Gasteiger partial charge < -0.3 is 14.8 Å². The Labute approximate surface area is 87.5 Å². The van der Waals surface area contributed by atoms with E-state index in [9.17, 15) is 0 Å². The zero-order chi connectivity index (χ0) is 15.2. The summed E-state index contributed by atoms with van der Waals surface area (Å²) in [5.74, 6) is 0.389. The quantitative estimate of drug-likeness (QED) is 0.769. The molecule has 0 fully saturated rings. The Balaban J connectivity index is 2.13. The van der Waals surface area contributed by atoms with Crippen molar-refractivity contribution in [3.63, 3.8) is 0 Å². The van der Waals surface area contributed by atoms with Crippen molar-refractivity contribution < 1.29 is 19.1 Å². The van der Waals surface area contributed by atoms with Crippen LogP contribution in [-0.4, -0.2) is 20.2 Å². The van der Waals surface area contributed by atoms with Crippen LogP contribution in [0.2, 0.25) is 0 Å². The van der Waals surface area contributed by atoms with Crippen molar-refractivity contribution in [2.75, 3.05) is 20.2 Å². The maximum absolute atomic E-state index is 7.64. The Morgan fingerprint density at radius 1 is 1.62 bits per heavy atom. The normalized spacial score (nSPS) is 27.2.